The summed E-state index contributed by atoms with van der Waals surface area (Å²) in [5.41, 5.74) is -0.223. The van der Waals surface area contributed by atoms with E-state index in [1.165, 1.54) is 0 Å². The van der Waals surface area contributed by atoms with Gasteiger partial charge in [-0.25, -0.2) is 0 Å². The molecule has 0 radical (unpaired) electrons. The first-order valence-corrected chi connectivity index (χ1v) is 7.01. The molecule has 3 rings (SSSR count). The van der Waals surface area contributed by atoms with E-state index in [0.29, 0.717) is 6.61 Å². The molecule has 4 heteroatoms. The fourth-order valence-electron chi connectivity index (χ4n) is 4.20. The zero-order valence-electron chi connectivity index (χ0n) is 11.4. The van der Waals surface area contributed by atoms with Crippen molar-refractivity contribution in [2.24, 2.45) is 29.1 Å². The van der Waals surface area contributed by atoms with Crippen LogP contribution in [0.3, 0.4) is 0 Å². The Hall–Kier alpha value is -1.32. The second kappa shape index (κ2) is 4.09. The second-order valence-electron chi connectivity index (χ2n) is 6.25. The van der Waals surface area contributed by atoms with Crippen LogP contribution in [0.15, 0.2) is 12.7 Å². The molecular formula is C15H20O4. The van der Waals surface area contributed by atoms with Crippen LogP contribution in [0, 0.1) is 29.1 Å². The summed E-state index contributed by atoms with van der Waals surface area (Å²) < 4.78 is 10.9. The van der Waals surface area contributed by atoms with Gasteiger partial charge in [-0.3, -0.25) is 9.59 Å². The Balaban J connectivity index is 2.00. The molecule has 1 aliphatic carbocycles. The Morgan fingerprint density at radius 3 is 2.68 bits per heavy atom. The minimum Gasteiger partial charge on any atom is -0.465 e. The van der Waals surface area contributed by atoms with Gasteiger partial charge in [-0.05, 0) is 12.8 Å². The van der Waals surface area contributed by atoms with Gasteiger partial charge < -0.3 is 9.47 Å². The largest absolute Gasteiger partial charge is 0.465 e. The van der Waals surface area contributed by atoms with Gasteiger partial charge in [0.1, 0.15) is 12.7 Å². The molecule has 3 fully saturated rings. The molecule has 6 atom stereocenters. The first-order chi connectivity index (χ1) is 9.00. The highest BCUT2D eigenvalue weighted by molar-refractivity contribution is 5.76. The molecule has 3 aliphatic rings. The molecule has 19 heavy (non-hydrogen) atoms. The molecule has 2 aliphatic heterocycles. The van der Waals surface area contributed by atoms with Crippen molar-refractivity contribution in [1.82, 2.24) is 0 Å². The van der Waals surface area contributed by atoms with Gasteiger partial charge in [0.25, 0.3) is 0 Å². The number of rotatable bonds is 1. The van der Waals surface area contributed by atoms with E-state index < -0.39 is 0 Å². The molecule has 0 aromatic heterocycles. The molecule has 0 aromatic carbocycles. The second-order valence-corrected chi connectivity index (χ2v) is 6.25. The van der Waals surface area contributed by atoms with Crippen molar-refractivity contribution < 1.29 is 19.1 Å². The first-order valence-electron chi connectivity index (χ1n) is 7.01. The van der Waals surface area contributed by atoms with Crippen LogP contribution >= 0.6 is 0 Å². The lowest BCUT2D eigenvalue weighted by Gasteiger charge is -2.51. The van der Waals surface area contributed by atoms with Crippen LogP contribution in [-0.2, 0) is 19.1 Å². The van der Waals surface area contributed by atoms with E-state index in [2.05, 4.69) is 6.58 Å². The lowest BCUT2D eigenvalue weighted by molar-refractivity contribution is -0.183. The zero-order chi connectivity index (χ0) is 13.8. The number of cyclic esters (lactones) is 1. The highest BCUT2D eigenvalue weighted by atomic mass is 16.6. The summed E-state index contributed by atoms with van der Waals surface area (Å²) in [7, 11) is 0. The zero-order valence-corrected chi connectivity index (χ0v) is 11.4. The first kappa shape index (κ1) is 12.7. The summed E-state index contributed by atoms with van der Waals surface area (Å²) in [6, 6.07) is 0. The summed E-state index contributed by atoms with van der Waals surface area (Å²) in [6.07, 6.45) is 3.61. The van der Waals surface area contributed by atoms with Crippen molar-refractivity contribution in [3.8, 4) is 0 Å². The van der Waals surface area contributed by atoms with Gasteiger partial charge in [0.05, 0.1) is 11.8 Å². The summed E-state index contributed by atoms with van der Waals surface area (Å²) in [5.74, 6) is -0.354. The van der Waals surface area contributed by atoms with Gasteiger partial charge in [-0.1, -0.05) is 19.9 Å². The molecule has 0 amide bonds. The standard InChI is InChI=1S/C15H20O4/c1-4-15-6-5-10-8(2)14(17)19-12(10)11(15)9(3)13(16)18-7-15/h4,8-12H,1,5-7H2,2-3H3/t8-,9+,10-,11+,12-,15+/m0/s1. The quantitative estimate of drug-likeness (QED) is 0.536. The van der Waals surface area contributed by atoms with Gasteiger partial charge in [0.2, 0.25) is 0 Å². The Kier molecular flexibility index (Phi) is 2.73. The average molecular weight is 264 g/mol. The van der Waals surface area contributed by atoms with E-state index in [0.717, 1.165) is 12.8 Å². The van der Waals surface area contributed by atoms with Crippen LogP contribution in [0.1, 0.15) is 26.7 Å². The van der Waals surface area contributed by atoms with Gasteiger partial charge in [0, 0.05) is 17.3 Å². The Labute approximate surface area is 113 Å². The fourth-order valence-corrected chi connectivity index (χ4v) is 4.20. The van der Waals surface area contributed by atoms with E-state index >= 15 is 0 Å². The lowest BCUT2D eigenvalue weighted by Crippen LogP contribution is -2.55. The Morgan fingerprint density at radius 2 is 2.00 bits per heavy atom. The van der Waals surface area contributed by atoms with Gasteiger partial charge in [-0.15, -0.1) is 6.58 Å². The highest BCUT2D eigenvalue weighted by Gasteiger charge is 2.60. The maximum Gasteiger partial charge on any atom is 0.309 e. The molecule has 0 N–H and O–H groups in total. The van der Waals surface area contributed by atoms with E-state index in [4.69, 9.17) is 9.47 Å². The summed E-state index contributed by atoms with van der Waals surface area (Å²) in [5, 5.41) is 0. The molecule has 4 nitrogen and oxygen atoms in total. The average Bonchev–Trinajstić information content (AvgIpc) is 2.69. The van der Waals surface area contributed by atoms with Crippen LogP contribution in [0.25, 0.3) is 0 Å². The van der Waals surface area contributed by atoms with Crippen molar-refractivity contribution in [3.63, 3.8) is 0 Å². The van der Waals surface area contributed by atoms with Crippen LogP contribution in [0.5, 0.6) is 0 Å². The third-order valence-electron chi connectivity index (χ3n) is 5.45. The van der Waals surface area contributed by atoms with E-state index in [1.807, 2.05) is 19.9 Å². The highest BCUT2D eigenvalue weighted by Crippen LogP contribution is 2.55. The minimum atomic E-state index is -0.238. The van der Waals surface area contributed by atoms with Crippen molar-refractivity contribution in [2.45, 2.75) is 32.8 Å². The molecule has 0 unspecified atom stereocenters. The molecular weight excluding hydrogens is 244 g/mol. The molecule has 0 aromatic rings. The molecule has 2 heterocycles. The topological polar surface area (TPSA) is 52.6 Å². The minimum absolute atomic E-state index is 0.0129. The number of esters is 2. The van der Waals surface area contributed by atoms with E-state index in [9.17, 15) is 9.59 Å². The lowest BCUT2D eigenvalue weighted by atomic mass is 9.56. The molecule has 1 saturated carbocycles. The smallest absolute Gasteiger partial charge is 0.309 e. The molecule has 2 saturated heterocycles. The van der Waals surface area contributed by atoms with Crippen LogP contribution < -0.4 is 0 Å². The maximum absolute atomic E-state index is 11.9. The third kappa shape index (κ3) is 1.58. The number of ether oxygens (including phenoxy) is 2. The van der Waals surface area contributed by atoms with Gasteiger partial charge in [0.15, 0.2) is 0 Å². The van der Waals surface area contributed by atoms with Crippen LogP contribution in [0.2, 0.25) is 0 Å². The van der Waals surface area contributed by atoms with E-state index in [-0.39, 0.29) is 47.1 Å². The Bertz CT molecular complexity index is 443. The van der Waals surface area contributed by atoms with Crippen molar-refractivity contribution in [2.75, 3.05) is 6.61 Å². The maximum atomic E-state index is 11.9. The predicted molar refractivity (Wildman–Crippen MR) is 68.0 cm³/mol. The number of carbonyl (C=O) groups is 2. The van der Waals surface area contributed by atoms with Crippen molar-refractivity contribution >= 4 is 11.9 Å². The van der Waals surface area contributed by atoms with Gasteiger partial charge in [-0.2, -0.15) is 0 Å². The van der Waals surface area contributed by atoms with Crippen LogP contribution in [0.4, 0.5) is 0 Å². The summed E-state index contributed by atoms with van der Waals surface area (Å²) in [4.78, 5) is 23.7. The monoisotopic (exact) mass is 264 g/mol. The number of hydrogen-bond donors (Lipinski definition) is 0. The summed E-state index contributed by atoms with van der Waals surface area (Å²) >= 11 is 0. The number of fused-ring (bicyclic) bond motifs is 3. The van der Waals surface area contributed by atoms with Crippen LogP contribution in [-0.4, -0.2) is 24.6 Å². The number of carbonyl (C=O) groups excluding carboxylic acids is 2. The van der Waals surface area contributed by atoms with Crippen molar-refractivity contribution in [3.05, 3.63) is 12.7 Å². The predicted octanol–water partition coefficient (Wildman–Crippen LogP) is 1.94. The molecule has 104 valence electrons. The third-order valence-corrected chi connectivity index (χ3v) is 5.45. The number of hydrogen-bond acceptors (Lipinski definition) is 4. The SMILES string of the molecule is C=C[C@]12CC[C@@H]3[C@H](OC(=O)[C@H]3C)[C@H]1[C@@H](C)C(=O)OC2. The summed E-state index contributed by atoms with van der Waals surface area (Å²) in [6.45, 7) is 8.12. The van der Waals surface area contributed by atoms with Gasteiger partial charge >= 0.3 is 11.9 Å². The normalized spacial score (nSPS) is 48.8. The fraction of sp³-hybridized carbons (Fsp3) is 0.733. The molecule has 0 spiro atoms. The molecule has 0 bridgehead atoms. The van der Waals surface area contributed by atoms with E-state index in [1.54, 1.807) is 0 Å². The van der Waals surface area contributed by atoms with Crippen molar-refractivity contribution in [1.29, 1.82) is 0 Å². The Morgan fingerprint density at radius 1 is 1.26 bits per heavy atom.